The van der Waals surface area contributed by atoms with Crippen LogP contribution in [0.15, 0.2) is 21.5 Å². The molecule has 0 aliphatic carbocycles. The number of nitrogens with zero attached hydrogens (tertiary/aromatic N) is 2. The molecule has 1 rings (SSSR count). The van der Waals surface area contributed by atoms with Crippen LogP contribution < -0.4 is 0 Å². The third kappa shape index (κ3) is 1.07. The van der Waals surface area contributed by atoms with E-state index < -0.39 is 29.1 Å². The van der Waals surface area contributed by atoms with Crippen LogP contribution in [0.4, 0.5) is 0 Å². The minimum Gasteiger partial charge on any atom is -0.477 e. The highest BCUT2D eigenvalue weighted by Gasteiger charge is 2.31. The maximum absolute atomic E-state index is 10.6. The normalized spacial score (nSPS) is 15.5. The lowest BCUT2D eigenvalue weighted by Crippen LogP contribution is -2.12. The molecule has 7 heteroatoms. The van der Waals surface area contributed by atoms with Gasteiger partial charge in [0.15, 0.2) is 11.3 Å². The van der Waals surface area contributed by atoms with E-state index in [1.54, 1.807) is 0 Å². The lowest BCUT2D eigenvalue weighted by Gasteiger charge is -1.90. The van der Waals surface area contributed by atoms with Crippen molar-refractivity contribution in [2.24, 2.45) is 10.2 Å². The summed E-state index contributed by atoms with van der Waals surface area (Å²) in [6.07, 6.45) is 0. The molecule has 0 saturated carbocycles. The molecule has 0 fully saturated rings. The Labute approximate surface area is 65.0 Å². The van der Waals surface area contributed by atoms with Gasteiger partial charge in [0.25, 0.3) is 0 Å². The van der Waals surface area contributed by atoms with E-state index in [2.05, 4.69) is 10.2 Å². The van der Waals surface area contributed by atoms with Crippen molar-refractivity contribution in [3.8, 4) is 0 Å². The van der Waals surface area contributed by atoms with E-state index in [4.69, 9.17) is 10.2 Å². The molecule has 12 heavy (non-hydrogen) atoms. The van der Waals surface area contributed by atoms with Crippen LogP contribution in [-0.4, -0.2) is 28.1 Å². The van der Waals surface area contributed by atoms with E-state index in [0.717, 1.165) is 0 Å². The van der Waals surface area contributed by atoms with E-state index >= 15 is 0 Å². The number of hydrogen-bond acceptors (Lipinski definition) is 4. The minimum atomic E-state index is -1.64. The van der Waals surface area contributed by atoms with Crippen molar-refractivity contribution in [3.05, 3.63) is 11.3 Å². The van der Waals surface area contributed by atoms with Crippen molar-refractivity contribution in [1.82, 2.24) is 0 Å². The van der Waals surface area contributed by atoms with Crippen LogP contribution in [0.3, 0.4) is 0 Å². The number of amides is 1. The molecule has 0 spiro atoms. The van der Waals surface area contributed by atoms with Crippen LogP contribution in [0.25, 0.3) is 0 Å². The molecule has 1 amide bonds. The van der Waals surface area contributed by atoms with Crippen LogP contribution in [0.2, 0.25) is 0 Å². The number of carboxylic acid groups (broad SMARTS) is 2. The van der Waals surface area contributed by atoms with Gasteiger partial charge in [-0.15, -0.1) is 10.2 Å². The second-order valence-electron chi connectivity index (χ2n) is 1.84. The maximum atomic E-state index is 10.6. The third-order valence-corrected chi connectivity index (χ3v) is 1.11. The molecule has 0 aromatic carbocycles. The highest BCUT2D eigenvalue weighted by atomic mass is 16.4. The average molecular weight is 170 g/mol. The van der Waals surface area contributed by atoms with Crippen molar-refractivity contribution >= 4 is 17.8 Å². The fraction of sp³-hybridized carbons (Fsp3) is 0. The number of aliphatic carboxylic acids is 2. The molecule has 0 bridgehead atoms. The van der Waals surface area contributed by atoms with E-state index in [1.165, 1.54) is 0 Å². The van der Waals surface area contributed by atoms with Crippen LogP contribution in [0, 0.1) is 0 Å². The summed E-state index contributed by atoms with van der Waals surface area (Å²) in [5, 5.41) is 22.3. The van der Waals surface area contributed by atoms with Crippen molar-refractivity contribution in [2.45, 2.75) is 0 Å². The van der Waals surface area contributed by atoms with Gasteiger partial charge in [0.1, 0.15) is 0 Å². The SMILES string of the molecule is O=C(O)C1=C(C(=O)O)C(=O)N=N1. The summed E-state index contributed by atoms with van der Waals surface area (Å²) in [6, 6.07) is 0. The van der Waals surface area contributed by atoms with Gasteiger partial charge in [-0.3, -0.25) is 4.79 Å². The molecule has 0 unspecified atom stereocenters. The summed E-state index contributed by atoms with van der Waals surface area (Å²) in [5.74, 6) is -4.36. The van der Waals surface area contributed by atoms with Gasteiger partial charge < -0.3 is 10.2 Å². The molecular formula is C5H2N2O5. The summed E-state index contributed by atoms with van der Waals surface area (Å²) in [6.45, 7) is 0. The molecule has 0 saturated heterocycles. The van der Waals surface area contributed by atoms with Gasteiger partial charge in [0.2, 0.25) is 0 Å². The molecular weight excluding hydrogens is 168 g/mol. The molecule has 0 atom stereocenters. The van der Waals surface area contributed by atoms with Gasteiger partial charge in [-0.05, 0) is 0 Å². The fourth-order valence-corrected chi connectivity index (χ4v) is 0.639. The number of carbonyl (C=O) groups excluding carboxylic acids is 1. The Kier molecular flexibility index (Phi) is 1.70. The zero-order valence-corrected chi connectivity index (χ0v) is 5.51. The van der Waals surface area contributed by atoms with E-state index in [1.807, 2.05) is 0 Å². The average Bonchev–Trinajstić information content (AvgIpc) is 2.30. The molecule has 7 nitrogen and oxygen atoms in total. The standard InChI is InChI=1S/C5H2N2O5/c8-3-1(4(9)10)2(5(11)12)6-7-3/h(H,9,10)(H,11,12). The summed E-state index contributed by atoms with van der Waals surface area (Å²) < 4.78 is 0. The predicted molar refractivity (Wildman–Crippen MR) is 32.2 cm³/mol. The quantitative estimate of drug-likeness (QED) is 0.536. The van der Waals surface area contributed by atoms with Gasteiger partial charge in [-0.1, -0.05) is 0 Å². The van der Waals surface area contributed by atoms with Gasteiger partial charge in [-0.25, -0.2) is 9.59 Å². The second-order valence-corrected chi connectivity index (χ2v) is 1.84. The predicted octanol–water partition coefficient (Wildman–Crippen LogP) is -0.598. The number of rotatable bonds is 2. The molecule has 0 aromatic rings. The van der Waals surface area contributed by atoms with Crippen LogP contribution in [-0.2, 0) is 14.4 Å². The van der Waals surface area contributed by atoms with E-state index in [0.29, 0.717) is 0 Å². The summed E-state index contributed by atoms with van der Waals surface area (Å²) in [5.41, 5.74) is -1.73. The zero-order chi connectivity index (χ0) is 9.30. The molecule has 1 aliphatic rings. The van der Waals surface area contributed by atoms with Gasteiger partial charge in [0, 0.05) is 0 Å². The number of hydrogen-bond donors (Lipinski definition) is 2. The molecule has 0 aromatic heterocycles. The van der Waals surface area contributed by atoms with Crippen molar-refractivity contribution in [3.63, 3.8) is 0 Å². The number of carboxylic acids is 2. The smallest absolute Gasteiger partial charge is 0.357 e. The Morgan fingerprint density at radius 2 is 1.67 bits per heavy atom. The summed E-state index contributed by atoms with van der Waals surface area (Å²) in [4.78, 5) is 31.1. The first kappa shape index (κ1) is 8.05. The van der Waals surface area contributed by atoms with Crippen molar-refractivity contribution in [1.29, 1.82) is 0 Å². The first-order valence-electron chi connectivity index (χ1n) is 2.71. The Balaban J connectivity index is 3.22. The highest BCUT2D eigenvalue weighted by molar-refractivity contribution is 6.21. The Bertz CT molecular complexity index is 324. The molecule has 0 radical (unpaired) electrons. The number of carbonyl (C=O) groups is 3. The first-order valence-corrected chi connectivity index (χ1v) is 2.71. The molecule has 1 aliphatic heterocycles. The van der Waals surface area contributed by atoms with Crippen LogP contribution >= 0.6 is 0 Å². The second kappa shape index (κ2) is 2.53. The van der Waals surface area contributed by atoms with Crippen molar-refractivity contribution < 1.29 is 24.6 Å². The van der Waals surface area contributed by atoms with Crippen LogP contribution in [0.1, 0.15) is 0 Å². The Hall–Kier alpha value is -2.05. The topological polar surface area (TPSA) is 116 Å². The molecule has 2 N–H and O–H groups in total. The zero-order valence-electron chi connectivity index (χ0n) is 5.51. The minimum absolute atomic E-state index is 0.826. The largest absolute Gasteiger partial charge is 0.477 e. The molecule has 62 valence electrons. The Morgan fingerprint density at radius 1 is 1.08 bits per heavy atom. The van der Waals surface area contributed by atoms with E-state index in [-0.39, 0.29) is 0 Å². The first-order chi connectivity index (χ1) is 5.54. The van der Waals surface area contributed by atoms with Gasteiger partial charge in [-0.2, -0.15) is 0 Å². The number of azo groups is 1. The molecule has 1 heterocycles. The third-order valence-electron chi connectivity index (χ3n) is 1.11. The van der Waals surface area contributed by atoms with Crippen LogP contribution in [0.5, 0.6) is 0 Å². The van der Waals surface area contributed by atoms with Gasteiger partial charge >= 0.3 is 17.8 Å². The van der Waals surface area contributed by atoms with Gasteiger partial charge in [0.05, 0.1) is 0 Å². The Morgan fingerprint density at radius 3 is 2.00 bits per heavy atom. The lowest BCUT2D eigenvalue weighted by molar-refractivity contribution is -0.137. The monoisotopic (exact) mass is 170 g/mol. The van der Waals surface area contributed by atoms with Crippen molar-refractivity contribution in [2.75, 3.05) is 0 Å². The van der Waals surface area contributed by atoms with E-state index in [9.17, 15) is 14.4 Å². The fourth-order valence-electron chi connectivity index (χ4n) is 0.639. The highest BCUT2D eigenvalue weighted by Crippen LogP contribution is 2.16. The lowest BCUT2D eigenvalue weighted by atomic mass is 10.2. The summed E-state index contributed by atoms with van der Waals surface area (Å²) >= 11 is 0. The summed E-state index contributed by atoms with van der Waals surface area (Å²) in [7, 11) is 0. The maximum Gasteiger partial charge on any atom is 0.357 e.